The maximum atomic E-state index is 14.0. The van der Waals surface area contributed by atoms with Crippen LogP contribution in [0.15, 0.2) is 30.6 Å². The van der Waals surface area contributed by atoms with Crippen LogP contribution in [-0.2, 0) is 5.60 Å². The van der Waals surface area contributed by atoms with Gasteiger partial charge in [0.2, 0.25) is 0 Å². The molecule has 2 heterocycles. The van der Waals surface area contributed by atoms with Gasteiger partial charge in [0.1, 0.15) is 34.6 Å². The SMILES string of the molecule is CC(CNC(=O)c1c[nH]c(C(C)(C)O)n1)n1ccc(-c2cc(F)c(C#N)c(Cl)c2)n1. The van der Waals surface area contributed by atoms with Crippen LogP contribution >= 0.6 is 11.6 Å². The van der Waals surface area contributed by atoms with Crippen LogP contribution in [0.5, 0.6) is 0 Å². The van der Waals surface area contributed by atoms with E-state index in [0.29, 0.717) is 17.1 Å². The highest BCUT2D eigenvalue weighted by Crippen LogP contribution is 2.27. The number of imidazole rings is 1. The van der Waals surface area contributed by atoms with Crippen molar-refractivity contribution in [1.82, 2.24) is 25.1 Å². The Kier molecular flexibility index (Phi) is 5.92. The summed E-state index contributed by atoms with van der Waals surface area (Å²) >= 11 is 5.96. The maximum absolute atomic E-state index is 14.0. The summed E-state index contributed by atoms with van der Waals surface area (Å²) < 4.78 is 15.6. The van der Waals surface area contributed by atoms with E-state index in [9.17, 15) is 14.3 Å². The second-order valence-corrected chi connectivity index (χ2v) is 7.77. The fourth-order valence-corrected chi connectivity index (χ4v) is 2.99. The molecule has 3 rings (SSSR count). The van der Waals surface area contributed by atoms with Gasteiger partial charge in [0.15, 0.2) is 0 Å². The van der Waals surface area contributed by atoms with Gasteiger partial charge >= 0.3 is 0 Å². The molecule has 3 N–H and O–H groups in total. The van der Waals surface area contributed by atoms with E-state index in [4.69, 9.17) is 16.9 Å². The summed E-state index contributed by atoms with van der Waals surface area (Å²) in [5.41, 5.74) is -0.279. The summed E-state index contributed by atoms with van der Waals surface area (Å²) in [5, 5.41) is 26.0. The van der Waals surface area contributed by atoms with E-state index in [1.165, 1.54) is 18.3 Å². The van der Waals surface area contributed by atoms with Crippen LogP contribution < -0.4 is 5.32 Å². The summed E-state index contributed by atoms with van der Waals surface area (Å²) in [6.07, 6.45) is 3.14. The normalized spacial score (nSPS) is 12.4. The van der Waals surface area contributed by atoms with Crippen LogP contribution in [0.4, 0.5) is 4.39 Å². The predicted octanol–water partition coefficient (Wildman–Crippen LogP) is 3.16. The summed E-state index contributed by atoms with van der Waals surface area (Å²) in [5.74, 6) is -0.799. The molecular formula is C20H20ClFN6O2. The predicted molar refractivity (Wildman–Crippen MR) is 108 cm³/mol. The third-order valence-electron chi connectivity index (χ3n) is 4.46. The molecule has 0 fully saturated rings. The minimum Gasteiger partial charge on any atom is -0.383 e. The van der Waals surface area contributed by atoms with Gasteiger partial charge in [-0.1, -0.05) is 11.6 Å². The average molecular weight is 431 g/mol. The zero-order chi connectivity index (χ0) is 22.1. The number of aromatic nitrogens is 4. The number of halogens is 2. The number of carbonyl (C=O) groups is 1. The van der Waals surface area contributed by atoms with Crippen molar-refractivity contribution in [2.45, 2.75) is 32.4 Å². The van der Waals surface area contributed by atoms with Gasteiger partial charge in [-0.05, 0) is 39.0 Å². The standard InChI is InChI=1S/C20H20ClFN6O2/c1-11(9-24-18(29)17-10-25-19(26-17)20(2,3)30)28-5-4-16(27-28)12-6-14(21)13(8-23)15(22)7-12/h4-7,10-11,30H,9H2,1-3H3,(H,24,29)(H,25,26). The number of aromatic amines is 1. The molecule has 1 amide bonds. The zero-order valence-corrected chi connectivity index (χ0v) is 17.3. The van der Waals surface area contributed by atoms with Gasteiger partial charge in [0.25, 0.3) is 5.91 Å². The van der Waals surface area contributed by atoms with E-state index in [2.05, 4.69) is 20.4 Å². The average Bonchev–Trinajstić information content (AvgIpc) is 3.35. The van der Waals surface area contributed by atoms with Crippen molar-refractivity contribution < 1.29 is 14.3 Å². The Morgan fingerprint density at radius 1 is 1.50 bits per heavy atom. The second-order valence-electron chi connectivity index (χ2n) is 7.36. The molecule has 0 saturated heterocycles. The van der Waals surface area contributed by atoms with E-state index in [1.54, 1.807) is 36.9 Å². The molecule has 1 unspecified atom stereocenters. The molecule has 1 aromatic carbocycles. The Morgan fingerprint density at radius 2 is 2.23 bits per heavy atom. The van der Waals surface area contributed by atoms with Crippen LogP contribution in [0.3, 0.4) is 0 Å². The molecule has 30 heavy (non-hydrogen) atoms. The van der Waals surface area contributed by atoms with Crippen LogP contribution in [-0.4, -0.2) is 37.3 Å². The number of rotatable bonds is 6. The fraction of sp³-hybridized carbons (Fsp3) is 0.300. The van der Waals surface area contributed by atoms with E-state index < -0.39 is 11.4 Å². The zero-order valence-electron chi connectivity index (χ0n) is 16.6. The Morgan fingerprint density at radius 3 is 2.83 bits per heavy atom. The second kappa shape index (κ2) is 8.26. The lowest BCUT2D eigenvalue weighted by molar-refractivity contribution is 0.0695. The first-order valence-corrected chi connectivity index (χ1v) is 9.49. The van der Waals surface area contributed by atoms with Crippen LogP contribution in [0.1, 0.15) is 48.7 Å². The monoisotopic (exact) mass is 430 g/mol. The highest BCUT2D eigenvalue weighted by atomic mass is 35.5. The number of amides is 1. The van der Waals surface area contributed by atoms with E-state index in [1.807, 2.05) is 6.92 Å². The van der Waals surface area contributed by atoms with Crippen molar-refractivity contribution in [3.8, 4) is 17.3 Å². The summed E-state index contributed by atoms with van der Waals surface area (Å²) in [7, 11) is 0. The summed E-state index contributed by atoms with van der Waals surface area (Å²) in [6.45, 7) is 5.26. The Hall–Kier alpha value is -3.22. The van der Waals surface area contributed by atoms with Crippen LogP contribution in [0.25, 0.3) is 11.3 Å². The van der Waals surface area contributed by atoms with Gasteiger partial charge in [-0.3, -0.25) is 9.48 Å². The molecular weight excluding hydrogens is 411 g/mol. The number of hydrogen-bond donors (Lipinski definition) is 3. The molecule has 0 spiro atoms. The molecule has 0 aliphatic rings. The van der Waals surface area contributed by atoms with Gasteiger partial charge in [-0.15, -0.1) is 0 Å². The van der Waals surface area contributed by atoms with Crippen molar-refractivity contribution in [3.63, 3.8) is 0 Å². The van der Waals surface area contributed by atoms with Crippen LogP contribution in [0.2, 0.25) is 5.02 Å². The molecule has 1 atom stereocenters. The quantitative estimate of drug-likeness (QED) is 0.554. The topological polar surface area (TPSA) is 120 Å². The first-order chi connectivity index (χ1) is 14.1. The number of carbonyl (C=O) groups excluding carboxylic acids is 1. The molecule has 0 bridgehead atoms. The third kappa shape index (κ3) is 4.50. The molecule has 10 heteroatoms. The molecule has 8 nitrogen and oxygen atoms in total. The van der Waals surface area contributed by atoms with E-state index >= 15 is 0 Å². The Bertz CT molecular complexity index is 1100. The highest BCUT2D eigenvalue weighted by Gasteiger charge is 2.22. The van der Waals surface area contributed by atoms with Crippen LogP contribution in [0, 0.1) is 17.1 Å². The molecule has 0 aliphatic carbocycles. The molecule has 0 radical (unpaired) electrons. The third-order valence-corrected chi connectivity index (χ3v) is 4.76. The van der Waals surface area contributed by atoms with Gasteiger partial charge in [0.05, 0.1) is 16.8 Å². The molecule has 2 aromatic heterocycles. The number of hydrogen-bond acceptors (Lipinski definition) is 5. The number of benzene rings is 1. The Labute approximate surface area is 177 Å². The molecule has 0 saturated carbocycles. The lowest BCUT2D eigenvalue weighted by Crippen LogP contribution is -2.30. The van der Waals surface area contributed by atoms with Gasteiger partial charge < -0.3 is 15.4 Å². The number of nitrogens with one attached hydrogen (secondary N) is 2. The smallest absolute Gasteiger partial charge is 0.271 e. The van der Waals surface area contributed by atoms with Crippen molar-refractivity contribution in [2.24, 2.45) is 0 Å². The van der Waals surface area contributed by atoms with Crippen molar-refractivity contribution in [2.75, 3.05) is 6.54 Å². The molecule has 0 aliphatic heterocycles. The lowest BCUT2D eigenvalue weighted by atomic mass is 10.1. The van der Waals surface area contributed by atoms with Crippen molar-refractivity contribution in [3.05, 3.63) is 58.5 Å². The van der Waals surface area contributed by atoms with E-state index in [0.717, 1.165) is 0 Å². The minimum atomic E-state index is -1.18. The lowest BCUT2D eigenvalue weighted by Gasteiger charge is -2.13. The van der Waals surface area contributed by atoms with E-state index in [-0.39, 0.29) is 34.8 Å². The number of nitrogens with zero attached hydrogens (tertiary/aromatic N) is 4. The molecule has 3 aromatic rings. The first kappa shape index (κ1) is 21.5. The maximum Gasteiger partial charge on any atom is 0.271 e. The largest absolute Gasteiger partial charge is 0.383 e. The fourth-order valence-electron chi connectivity index (χ4n) is 2.74. The summed E-state index contributed by atoms with van der Waals surface area (Å²) in [4.78, 5) is 19.2. The summed E-state index contributed by atoms with van der Waals surface area (Å²) in [6, 6.07) is 5.91. The first-order valence-electron chi connectivity index (χ1n) is 9.11. The van der Waals surface area contributed by atoms with Gasteiger partial charge in [0, 0.05) is 24.5 Å². The molecule has 156 valence electrons. The van der Waals surface area contributed by atoms with Gasteiger partial charge in [-0.25, -0.2) is 9.37 Å². The highest BCUT2D eigenvalue weighted by molar-refractivity contribution is 6.32. The number of nitriles is 1. The number of aliphatic hydroxyl groups is 1. The van der Waals surface area contributed by atoms with Crippen molar-refractivity contribution in [1.29, 1.82) is 5.26 Å². The Balaban J connectivity index is 1.67. The minimum absolute atomic E-state index is 0.0202. The van der Waals surface area contributed by atoms with Gasteiger partial charge in [-0.2, -0.15) is 10.4 Å². The van der Waals surface area contributed by atoms with Crippen molar-refractivity contribution >= 4 is 17.5 Å². The number of H-pyrrole nitrogens is 1.